The van der Waals surface area contributed by atoms with Crippen LogP contribution in [0.25, 0.3) is 0 Å². The Kier molecular flexibility index (Phi) is 6.18. The van der Waals surface area contributed by atoms with E-state index in [1.165, 1.54) is 0 Å². The molecule has 0 atom stereocenters. The molecule has 0 bridgehead atoms. The number of nitrogens with zero attached hydrogens (tertiary/aromatic N) is 3. The van der Waals surface area contributed by atoms with Gasteiger partial charge in [0, 0.05) is 0 Å². The molecule has 0 aliphatic heterocycles. The van der Waals surface area contributed by atoms with Gasteiger partial charge in [-0.2, -0.15) is 5.11 Å². The van der Waals surface area contributed by atoms with E-state index < -0.39 is 7.25 Å². The van der Waals surface area contributed by atoms with E-state index in [0.717, 1.165) is 5.69 Å². The molecule has 0 radical (unpaired) electrons. The van der Waals surface area contributed by atoms with Crippen LogP contribution in [0.15, 0.2) is 70.0 Å². The summed E-state index contributed by atoms with van der Waals surface area (Å²) in [5.74, 6) is 0. The largest absolute Gasteiger partial charge is 0.673 e. The van der Waals surface area contributed by atoms with Crippen molar-refractivity contribution in [2.45, 2.75) is 0 Å². The van der Waals surface area contributed by atoms with Gasteiger partial charge in [-0.1, -0.05) is 30.3 Å². The van der Waals surface area contributed by atoms with Gasteiger partial charge in [0.2, 0.25) is 0 Å². The molecule has 2 rings (SSSR count). The van der Waals surface area contributed by atoms with Gasteiger partial charge in [-0.15, -0.1) is 10.0 Å². The van der Waals surface area contributed by atoms with E-state index in [1.807, 2.05) is 30.3 Å². The highest BCUT2D eigenvalue weighted by Gasteiger charge is 2.20. The molecule has 21 heavy (non-hydrogen) atoms. The third kappa shape index (κ3) is 7.56. The Morgan fingerprint density at radius 1 is 0.714 bits per heavy atom. The van der Waals surface area contributed by atoms with Crippen molar-refractivity contribution in [3.05, 3.63) is 59.5 Å². The number of nitroso groups, excluding NO2 is 1. The monoisotopic (exact) mass is 298 g/mol. The molecule has 2 aromatic carbocycles. The maximum atomic E-state index is 10.5. The Morgan fingerprint density at radius 2 is 1.19 bits per heavy atom. The van der Waals surface area contributed by atoms with E-state index in [0.29, 0.717) is 11.4 Å². The number of hydrogen-bond acceptors (Lipinski definition) is 4. The molecule has 0 saturated heterocycles. The topological polar surface area (TPSA) is 54.1 Å². The molecule has 0 unspecified atom stereocenters. The average Bonchev–Trinajstić information content (AvgIpc) is 2.45. The fourth-order valence-electron chi connectivity index (χ4n) is 1.23. The van der Waals surface area contributed by atoms with Crippen LogP contribution in [0.2, 0.25) is 0 Å². The van der Waals surface area contributed by atoms with Crippen LogP contribution in [0.4, 0.5) is 34.3 Å². The first-order valence-corrected chi connectivity index (χ1v) is 5.66. The molecule has 0 heterocycles. The van der Waals surface area contributed by atoms with Crippen molar-refractivity contribution in [3.63, 3.8) is 0 Å². The van der Waals surface area contributed by atoms with Crippen molar-refractivity contribution in [3.8, 4) is 0 Å². The van der Waals surface area contributed by atoms with Crippen LogP contribution < -0.4 is 0 Å². The fourth-order valence-corrected chi connectivity index (χ4v) is 1.23. The first-order valence-electron chi connectivity index (χ1n) is 5.66. The summed E-state index contributed by atoms with van der Waals surface area (Å²) in [6.07, 6.45) is 0. The Bertz CT molecular complexity index is 599. The van der Waals surface area contributed by atoms with E-state index in [4.69, 9.17) is 0 Å². The van der Waals surface area contributed by atoms with Gasteiger partial charge >= 0.3 is 7.25 Å². The molecule has 0 N–H and O–H groups in total. The second-order valence-electron chi connectivity index (χ2n) is 3.61. The molecule has 0 amide bonds. The van der Waals surface area contributed by atoms with E-state index in [2.05, 4.69) is 15.4 Å². The molecule has 0 aliphatic rings. The van der Waals surface area contributed by atoms with Crippen LogP contribution in [0.3, 0.4) is 0 Å². The summed E-state index contributed by atoms with van der Waals surface area (Å²) in [6.45, 7) is 0. The molecule has 0 spiro atoms. The minimum atomic E-state index is -6.00. The van der Waals surface area contributed by atoms with Crippen LogP contribution in [0, 0.1) is 4.91 Å². The van der Waals surface area contributed by atoms with E-state index in [-0.39, 0.29) is 0 Å². The van der Waals surface area contributed by atoms with E-state index >= 15 is 0 Å². The number of halogens is 4. The molecule has 0 aliphatic carbocycles. The van der Waals surface area contributed by atoms with Crippen molar-refractivity contribution < 1.29 is 17.3 Å². The molecule has 0 fully saturated rings. The predicted octanol–water partition coefficient (Wildman–Crippen LogP) is 5.80. The van der Waals surface area contributed by atoms with E-state index in [1.54, 1.807) is 24.3 Å². The maximum Gasteiger partial charge on any atom is 0.673 e. The number of benzene rings is 2. The van der Waals surface area contributed by atoms with Crippen LogP contribution in [0.5, 0.6) is 0 Å². The minimum absolute atomic E-state index is 0.294. The minimum Gasteiger partial charge on any atom is -0.418 e. The highest BCUT2D eigenvalue weighted by atomic mass is 19.5. The quantitative estimate of drug-likeness (QED) is 0.306. The van der Waals surface area contributed by atoms with Crippen molar-refractivity contribution in [2.75, 3.05) is 0 Å². The Morgan fingerprint density at radius 3 is 1.71 bits per heavy atom. The summed E-state index contributed by atoms with van der Waals surface area (Å²) < 4.78 is 39.0. The van der Waals surface area contributed by atoms with Gasteiger partial charge < -0.3 is 17.3 Å². The van der Waals surface area contributed by atoms with Crippen LogP contribution in [-0.4, -0.2) is 7.25 Å². The summed E-state index contributed by atoms with van der Waals surface area (Å²) in [5.41, 5.74) is 1.51. The second-order valence-corrected chi connectivity index (χ2v) is 3.61. The standard InChI is InChI=1S/C12H9N3O.BF4/c16-15-12-9-5-4-8-11(12)14-13-10-6-2-1-3-7-10;2-1(3,4)5/h1-9H;/q;-1/b14-13+;. The van der Waals surface area contributed by atoms with Gasteiger partial charge in [0.25, 0.3) is 0 Å². The first kappa shape index (κ1) is 16.5. The normalized spacial score (nSPS) is 10.9. The number of rotatable bonds is 3. The molecule has 0 saturated carbocycles. The SMILES string of the molecule is F[B-](F)(F)F.O=Nc1ccccc1/N=N/c1ccccc1. The average molecular weight is 298 g/mol. The maximum absolute atomic E-state index is 10.5. The summed E-state index contributed by atoms with van der Waals surface area (Å²) >= 11 is 0. The van der Waals surface area contributed by atoms with Gasteiger partial charge in [0.05, 0.1) is 5.69 Å². The summed E-state index contributed by atoms with van der Waals surface area (Å²) in [6, 6.07) is 16.1. The highest BCUT2D eigenvalue weighted by molar-refractivity contribution is 6.50. The van der Waals surface area contributed by atoms with Crippen molar-refractivity contribution >= 4 is 24.3 Å². The van der Waals surface area contributed by atoms with Gasteiger partial charge in [-0.05, 0) is 29.4 Å². The molecular weight excluding hydrogens is 289 g/mol. The molecule has 110 valence electrons. The summed E-state index contributed by atoms with van der Waals surface area (Å²) in [4.78, 5) is 10.5. The zero-order chi connectivity index (χ0) is 15.7. The van der Waals surface area contributed by atoms with Gasteiger partial charge in [-0.3, -0.25) is 0 Å². The third-order valence-electron chi connectivity index (χ3n) is 2.01. The smallest absolute Gasteiger partial charge is 0.418 e. The fraction of sp³-hybridized carbons (Fsp3) is 0. The highest BCUT2D eigenvalue weighted by Crippen LogP contribution is 2.28. The molecule has 2 aromatic rings. The molecule has 0 aromatic heterocycles. The Hall–Kier alpha value is -2.58. The second kappa shape index (κ2) is 7.88. The van der Waals surface area contributed by atoms with Crippen LogP contribution in [-0.2, 0) is 0 Å². The van der Waals surface area contributed by atoms with Gasteiger partial charge in [0.1, 0.15) is 11.4 Å². The first-order chi connectivity index (χ1) is 9.90. The Balaban J connectivity index is 0.000000383. The van der Waals surface area contributed by atoms with Gasteiger partial charge in [0.15, 0.2) is 0 Å². The van der Waals surface area contributed by atoms with Crippen molar-refractivity contribution in [1.29, 1.82) is 0 Å². The van der Waals surface area contributed by atoms with Crippen LogP contribution >= 0.6 is 0 Å². The lowest BCUT2D eigenvalue weighted by Gasteiger charge is -1.94. The molecular formula is C12H9BF4N3O-. The van der Waals surface area contributed by atoms with Gasteiger partial charge in [-0.25, -0.2) is 0 Å². The third-order valence-corrected chi connectivity index (χ3v) is 2.01. The summed E-state index contributed by atoms with van der Waals surface area (Å²) in [5, 5.41) is 10.9. The van der Waals surface area contributed by atoms with Crippen molar-refractivity contribution in [1.82, 2.24) is 0 Å². The number of azo groups is 1. The van der Waals surface area contributed by atoms with Crippen LogP contribution in [0.1, 0.15) is 0 Å². The van der Waals surface area contributed by atoms with E-state index in [9.17, 15) is 22.2 Å². The summed E-state index contributed by atoms with van der Waals surface area (Å²) in [7, 11) is -6.00. The lowest BCUT2D eigenvalue weighted by Crippen LogP contribution is -2.02. The molecule has 4 nitrogen and oxygen atoms in total. The number of hydrogen-bond donors (Lipinski definition) is 0. The lowest BCUT2D eigenvalue weighted by atomic mass is 10.3. The predicted molar refractivity (Wildman–Crippen MR) is 72.7 cm³/mol. The van der Waals surface area contributed by atoms with Crippen molar-refractivity contribution in [2.24, 2.45) is 15.4 Å². The zero-order valence-electron chi connectivity index (χ0n) is 10.5. The molecule has 9 heteroatoms. The Labute approximate surface area is 117 Å². The zero-order valence-corrected chi connectivity index (χ0v) is 10.5. The lowest BCUT2D eigenvalue weighted by molar-refractivity contribution is 0.368.